The van der Waals surface area contributed by atoms with E-state index >= 15 is 0 Å². The minimum atomic E-state index is -0.411. The summed E-state index contributed by atoms with van der Waals surface area (Å²) < 4.78 is 14.7. The van der Waals surface area contributed by atoms with Gasteiger partial charge in [-0.2, -0.15) is 0 Å². The van der Waals surface area contributed by atoms with Crippen LogP contribution in [0.2, 0.25) is 5.02 Å². The Morgan fingerprint density at radius 1 is 1.32 bits per heavy atom. The molecule has 0 bridgehead atoms. The molecule has 1 aromatic carbocycles. The van der Waals surface area contributed by atoms with Gasteiger partial charge in [0.2, 0.25) is 0 Å². The van der Waals surface area contributed by atoms with Crippen LogP contribution in [0.3, 0.4) is 0 Å². The van der Waals surface area contributed by atoms with Gasteiger partial charge in [0.15, 0.2) is 0 Å². The summed E-state index contributed by atoms with van der Waals surface area (Å²) in [4.78, 5) is 0. The minimum Gasteiger partial charge on any atom is -0.384 e. The monoisotopic (exact) mass is 320 g/mol. The Labute approximate surface area is 137 Å². The van der Waals surface area contributed by atoms with Crippen LogP contribution in [0.15, 0.2) is 55.9 Å². The van der Waals surface area contributed by atoms with Gasteiger partial charge in [-0.15, -0.1) is 0 Å². The molecule has 2 nitrogen and oxygen atoms in total. The lowest BCUT2D eigenvalue weighted by Crippen LogP contribution is -2.18. The summed E-state index contributed by atoms with van der Waals surface area (Å²) in [5, 5.41) is 6.27. The van der Waals surface area contributed by atoms with Crippen LogP contribution in [0.4, 0.5) is 4.39 Å². The molecule has 0 fully saturated rings. The quantitative estimate of drug-likeness (QED) is 0.659. The van der Waals surface area contributed by atoms with Crippen molar-refractivity contribution in [1.29, 1.82) is 0 Å². The van der Waals surface area contributed by atoms with Gasteiger partial charge < -0.3 is 10.6 Å². The highest BCUT2D eigenvalue weighted by molar-refractivity contribution is 6.32. The molecule has 0 aliphatic heterocycles. The lowest BCUT2D eigenvalue weighted by atomic mass is 10.1. The number of benzene rings is 1. The normalized spacial score (nSPS) is 10.2. The van der Waals surface area contributed by atoms with Crippen LogP contribution >= 0.6 is 11.6 Å². The van der Waals surface area contributed by atoms with E-state index in [1.54, 1.807) is 12.1 Å². The fraction of sp³-hybridized carbons (Fsp3) is 0.222. The van der Waals surface area contributed by atoms with Crippen LogP contribution in [-0.4, -0.2) is 0 Å². The molecule has 4 heteroatoms. The van der Waals surface area contributed by atoms with E-state index in [0.29, 0.717) is 28.5 Å². The Hall–Kier alpha value is -2.00. The molecule has 22 heavy (non-hydrogen) atoms. The molecule has 0 heterocycles. The number of rotatable bonds is 8. The smallest absolute Gasteiger partial charge is 0.138 e. The molecule has 0 aliphatic rings. The first kappa shape index (κ1) is 18.1. The molecular formula is C18H22ClFN2. The number of hydrogen-bond donors (Lipinski definition) is 2. The molecule has 1 aromatic rings. The molecule has 0 saturated heterocycles. The maximum absolute atomic E-state index is 14.7. The molecule has 0 saturated carbocycles. The molecule has 0 unspecified atom stereocenters. The van der Waals surface area contributed by atoms with Gasteiger partial charge in [-0.3, -0.25) is 0 Å². The van der Waals surface area contributed by atoms with Crippen LogP contribution in [-0.2, 0) is 6.54 Å². The fourth-order valence-electron chi connectivity index (χ4n) is 1.73. The van der Waals surface area contributed by atoms with Gasteiger partial charge in [0, 0.05) is 29.2 Å². The van der Waals surface area contributed by atoms with E-state index in [0.717, 1.165) is 5.70 Å². The molecular weight excluding hydrogens is 299 g/mol. The first-order chi connectivity index (χ1) is 10.3. The molecule has 0 amide bonds. The van der Waals surface area contributed by atoms with E-state index in [9.17, 15) is 4.39 Å². The van der Waals surface area contributed by atoms with Crippen molar-refractivity contribution in [3.05, 3.63) is 77.9 Å². The molecule has 0 radical (unpaired) electrons. The lowest BCUT2D eigenvalue weighted by Gasteiger charge is -2.17. The zero-order valence-corrected chi connectivity index (χ0v) is 13.9. The van der Waals surface area contributed by atoms with Crippen molar-refractivity contribution in [2.45, 2.75) is 20.4 Å². The van der Waals surface area contributed by atoms with E-state index in [2.05, 4.69) is 36.9 Å². The van der Waals surface area contributed by atoms with E-state index < -0.39 is 5.82 Å². The summed E-state index contributed by atoms with van der Waals surface area (Å²) in [6.07, 6.45) is 1.52. The standard InChI is InChI=1S/C18H22ClFN2/c1-7-12(4)22-14(6)17-16(19)9-8-15(18(17)20)10-21-13(5)11(2)3/h7-9,11,21-22H,1,4-6,10H2,2-3H3. The zero-order chi connectivity index (χ0) is 16.9. The summed E-state index contributed by atoms with van der Waals surface area (Å²) in [7, 11) is 0. The van der Waals surface area contributed by atoms with Gasteiger partial charge in [-0.1, -0.05) is 57.8 Å². The third kappa shape index (κ3) is 4.50. The third-order valence-electron chi connectivity index (χ3n) is 3.23. The van der Waals surface area contributed by atoms with Crippen molar-refractivity contribution < 1.29 is 4.39 Å². The van der Waals surface area contributed by atoms with Crippen LogP contribution in [0.1, 0.15) is 25.0 Å². The van der Waals surface area contributed by atoms with E-state index in [1.165, 1.54) is 6.08 Å². The molecule has 0 atom stereocenters. The van der Waals surface area contributed by atoms with Gasteiger partial charge in [0.05, 0.1) is 10.6 Å². The minimum absolute atomic E-state index is 0.235. The van der Waals surface area contributed by atoms with Crippen LogP contribution < -0.4 is 10.6 Å². The van der Waals surface area contributed by atoms with Crippen LogP contribution in [0.25, 0.3) is 5.70 Å². The highest BCUT2D eigenvalue weighted by Crippen LogP contribution is 2.27. The largest absolute Gasteiger partial charge is 0.384 e. The maximum Gasteiger partial charge on any atom is 0.138 e. The van der Waals surface area contributed by atoms with Crippen molar-refractivity contribution in [3.63, 3.8) is 0 Å². The summed E-state index contributed by atoms with van der Waals surface area (Å²) in [5.74, 6) is -0.131. The van der Waals surface area contributed by atoms with Crippen molar-refractivity contribution in [1.82, 2.24) is 10.6 Å². The average Bonchev–Trinajstić information content (AvgIpc) is 2.45. The Kier molecular flexibility index (Phi) is 6.44. The molecule has 0 aromatic heterocycles. The highest BCUT2D eigenvalue weighted by Gasteiger charge is 2.15. The fourth-order valence-corrected chi connectivity index (χ4v) is 1.99. The van der Waals surface area contributed by atoms with Gasteiger partial charge in [0.25, 0.3) is 0 Å². The van der Waals surface area contributed by atoms with E-state index in [4.69, 9.17) is 11.6 Å². The number of halogens is 2. The van der Waals surface area contributed by atoms with Gasteiger partial charge in [-0.25, -0.2) is 4.39 Å². The Morgan fingerprint density at radius 3 is 2.50 bits per heavy atom. The molecule has 0 spiro atoms. The van der Waals surface area contributed by atoms with Crippen LogP contribution in [0.5, 0.6) is 0 Å². The van der Waals surface area contributed by atoms with E-state index in [-0.39, 0.29) is 11.5 Å². The topological polar surface area (TPSA) is 24.1 Å². The van der Waals surface area contributed by atoms with Gasteiger partial charge in [0.1, 0.15) is 5.82 Å². The summed E-state index contributed by atoms with van der Waals surface area (Å²) in [6, 6.07) is 3.30. The van der Waals surface area contributed by atoms with Crippen molar-refractivity contribution in [2.75, 3.05) is 0 Å². The zero-order valence-electron chi connectivity index (χ0n) is 13.1. The van der Waals surface area contributed by atoms with Crippen molar-refractivity contribution in [2.24, 2.45) is 5.92 Å². The van der Waals surface area contributed by atoms with E-state index in [1.807, 2.05) is 13.8 Å². The molecule has 118 valence electrons. The third-order valence-corrected chi connectivity index (χ3v) is 3.55. The predicted molar refractivity (Wildman–Crippen MR) is 93.7 cm³/mol. The number of hydrogen-bond acceptors (Lipinski definition) is 2. The number of allylic oxidation sites excluding steroid dienone is 2. The Bertz CT molecular complexity index is 618. The molecule has 1 rings (SSSR count). The summed E-state index contributed by atoms with van der Waals surface area (Å²) in [5.41, 5.74) is 2.45. The van der Waals surface area contributed by atoms with Gasteiger partial charge >= 0.3 is 0 Å². The Balaban J connectivity index is 3.02. The first-order valence-corrected chi connectivity index (χ1v) is 7.32. The SMILES string of the molecule is C=CC(=C)NC(=C)c1c(Cl)ccc(CNC(=C)C(C)C)c1F. The van der Waals surface area contributed by atoms with Crippen molar-refractivity contribution >= 4 is 17.3 Å². The maximum atomic E-state index is 14.7. The first-order valence-electron chi connectivity index (χ1n) is 6.95. The summed E-state index contributed by atoms with van der Waals surface area (Å²) in [6.45, 7) is 19.4. The second kappa shape index (κ2) is 7.85. The van der Waals surface area contributed by atoms with Crippen molar-refractivity contribution in [3.8, 4) is 0 Å². The highest BCUT2D eigenvalue weighted by atomic mass is 35.5. The number of nitrogens with one attached hydrogen (secondary N) is 2. The average molecular weight is 321 g/mol. The van der Waals surface area contributed by atoms with Gasteiger partial charge in [-0.05, 0) is 18.1 Å². The second-order valence-electron chi connectivity index (χ2n) is 5.26. The molecule has 2 N–H and O–H groups in total. The van der Waals surface area contributed by atoms with Crippen LogP contribution in [0, 0.1) is 11.7 Å². The lowest BCUT2D eigenvalue weighted by molar-refractivity contribution is 0.585. The second-order valence-corrected chi connectivity index (χ2v) is 5.67. The molecule has 0 aliphatic carbocycles. The Morgan fingerprint density at radius 2 is 1.95 bits per heavy atom. The summed E-state index contributed by atoms with van der Waals surface area (Å²) >= 11 is 6.10. The predicted octanol–water partition coefficient (Wildman–Crippen LogP) is 5.00.